The minimum atomic E-state index is -3.86. The van der Waals surface area contributed by atoms with Crippen LogP contribution in [-0.2, 0) is 14.8 Å². The molecule has 1 unspecified atom stereocenters. The van der Waals surface area contributed by atoms with Gasteiger partial charge < -0.3 is 14.8 Å². The monoisotopic (exact) mass is 331 g/mol. The van der Waals surface area contributed by atoms with Gasteiger partial charge in [-0.05, 0) is 12.1 Å². The number of rotatable bonds is 6. The Labute approximate surface area is 127 Å². The number of benzene rings is 1. The van der Waals surface area contributed by atoms with Crippen LogP contribution in [0.4, 0.5) is 5.69 Å². The average Bonchev–Trinajstić information content (AvgIpc) is 2.53. The predicted octanol–water partition coefficient (Wildman–Crippen LogP) is -0.130. The number of nitrogens with one attached hydrogen (secondary N) is 2. The van der Waals surface area contributed by atoms with E-state index in [4.69, 9.17) is 9.47 Å². The number of morpholine rings is 1. The van der Waals surface area contributed by atoms with Gasteiger partial charge in [-0.2, -0.15) is 0 Å². The third-order valence-electron chi connectivity index (χ3n) is 3.16. The number of nitro groups is 1. The van der Waals surface area contributed by atoms with Gasteiger partial charge in [-0.3, -0.25) is 10.1 Å². The normalized spacial score (nSPS) is 18.9. The molecule has 0 saturated carbocycles. The highest BCUT2D eigenvalue weighted by molar-refractivity contribution is 7.89. The lowest BCUT2D eigenvalue weighted by Crippen LogP contribution is -2.45. The fourth-order valence-electron chi connectivity index (χ4n) is 2.02. The van der Waals surface area contributed by atoms with Crippen LogP contribution in [-0.4, -0.2) is 52.8 Å². The summed E-state index contributed by atoms with van der Waals surface area (Å²) in [6.07, 6.45) is -0.267. The second kappa shape index (κ2) is 7.01. The SMILES string of the molecule is COc1ccc(S(=O)(=O)NCC2CNCCO2)cc1[N+](=O)[O-]. The average molecular weight is 331 g/mol. The number of nitro benzene ring substituents is 1. The zero-order valence-corrected chi connectivity index (χ0v) is 12.8. The van der Waals surface area contributed by atoms with E-state index in [1.54, 1.807) is 0 Å². The summed E-state index contributed by atoms with van der Waals surface area (Å²) < 4.78 is 37.0. The van der Waals surface area contributed by atoms with Crippen LogP contribution in [0.3, 0.4) is 0 Å². The van der Waals surface area contributed by atoms with Crippen LogP contribution in [0.1, 0.15) is 0 Å². The Morgan fingerprint density at radius 2 is 2.32 bits per heavy atom. The molecule has 0 aliphatic carbocycles. The largest absolute Gasteiger partial charge is 0.490 e. The molecule has 0 radical (unpaired) electrons. The zero-order chi connectivity index (χ0) is 16.2. The first-order valence-electron chi connectivity index (χ1n) is 6.58. The van der Waals surface area contributed by atoms with Crippen LogP contribution in [0.2, 0.25) is 0 Å². The number of sulfonamides is 1. The van der Waals surface area contributed by atoms with Gasteiger partial charge in [0.2, 0.25) is 10.0 Å². The molecule has 2 rings (SSSR count). The van der Waals surface area contributed by atoms with Crippen molar-refractivity contribution in [2.75, 3.05) is 33.4 Å². The molecule has 1 aromatic carbocycles. The summed E-state index contributed by atoms with van der Waals surface area (Å²) in [5, 5.41) is 14.0. The first kappa shape index (κ1) is 16.6. The lowest BCUT2D eigenvalue weighted by Gasteiger charge is -2.23. The minimum Gasteiger partial charge on any atom is -0.490 e. The highest BCUT2D eigenvalue weighted by Crippen LogP contribution is 2.29. The van der Waals surface area contributed by atoms with Crippen LogP contribution < -0.4 is 14.8 Å². The third-order valence-corrected chi connectivity index (χ3v) is 4.58. The zero-order valence-electron chi connectivity index (χ0n) is 11.9. The van der Waals surface area contributed by atoms with E-state index in [1.165, 1.54) is 19.2 Å². The third kappa shape index (κ3) is 3.91. The predicted molar refractivity (Wildman–Crippen MR) is 77.4 cm³/mol. The van der Waals surface area contributed by atoms with Gasteiger partial charge in [0.05, 0.1) is 29.6 Å². The molecule has 0 spiro atoms. The molecule has 1 fully saturated rings. The number of ether oxygens (including phenoxy) is 2. The molecule has 0 bridgehead atoms. The van der Waals surface area contributed by atoms with E-state index in [9.17, 15) is 18.5 Å². The fourth-order valence-corrected chi connectivity index (χ4v) is 3.10. The molecule has 1 aromatic rings. The molecule has 1 atom stereocenters. The maximum atomic E-state index is 12.2. The summed E-state index contributed by atoms with van der Waals surface area (Å²) in [4.78, 5) is 10.1. The summed E-state index contributed by atoms with van der Waals surface area (Å²) in [6.45, 7) is 1.88. The fraction of sp³-hybridized carbons (Fsp3) is 0.500. The lowest BCUT2D eigenvalue weighted by atomic mass is 10.3. The van der Waals surface area contributed by atoms with E-state index in [0.29, 0.717) is 13.2 Å². The Kier molecular flexibility index (Phi) is 5.29. The standard InChI is InChI=1S/C12H17N3O6S/c1-20-12-3-2-10(6-11(12)15(16)17)22(18,19)14-8-9-7-13-4-5-21-9/h2-3,6,9,13-14H,4-5,7-8H2,1H3. The Bertz CT molecular complexity index is 642. The van der Waals surface area contributed by atoms with Gasteiger partial charge >= 0.3 is 5.69 Å². The second-order valence-electron chi connectivity index (χ2n) is 4.64. The highest BCUT2D eigenvalue weighted by Gasteiger charge is 2.23. The maximum Gasteiger partial charge on any atom is 0.312 e. The second-order valence-corrected chi connectivity index (χ2v) is 6.41. The van der Waals surface area contributed by atoms with Crippen molar-refractivity contribution in [3.05, 3.63) is 28.3 Å². The summed E-state index contributed by atoms with van der Waals surface area (Å²) in [6, 6.07) is 3.49. The van der Waals surface area contributed by atoms with Crippen molar-refractivity contribution < 1.29 is 22.8 Å². The van der Waals surface area contributed by atoms with E-state index in [0.717, 1.165) is 12.6 Å². The van der Waals surface area contributed by atoms with Crippen molar-refractivity contribution in [2.24, 2.45) is 0 Å². The van der Waals surface area contributed by atoms with Gasteiger partial charge in [-0.1, -0.05) is 0 Å². The van der Waals surface area contributed by atoms with E-state index < -0.39 is 20.6 Å². The molecule has 22 heavy (non-hydrogen) atoms. The summed E-state index contributed by atoms with van der Waals surface area (Å²) in [5.74, 6) is 0.00349. The van der Waals surface area contributed by atoms with Gasteiger partial charge in [0.1, 0.15) is 0 Å². The molecular weight excluding hydrogens is 314 g/mol. The molecule has 0 amide bonds. The van der Waals surface area contributed by atoms with Crippen LogP contribution in [0, 0.1) is 10.1 Å². The first-order valence-corrected chi connectivity index (χ1v) is 8.07. The van der Waals surface area contributed by atoms with E-state index in [-0.39, 0.29) is 23.3 Å². The lowest BCUT2D eigenvalue weighted by molar-refractivity contribution is -0.386. The molecule has 9 nitrogen and oxygen atoms in total. The van der Waals surface area contributed by atoms with Gasteiger partial charge in [0.15, 0.2) is 5.75 Å². The summed E-state index contributed by atoms with van der Waals surface area (Å²) >= 11 is 0. The Hall–Kier alpha value is -1.75. The Morgan fingerprint density at radius 1 is 1.55 bits per heavy atom. The van der Waals surface area contributed by atoms with Crippen LogP contribution >= 0.6 is 0 Å². The van der Waals surface area contributed by atoms with E-state index >= 15 is 0 Å². The van der Waals surface area contributed by atoms with Crippen molar-refractivity contribution >= 4 is 15.7 Å². The van der Waals surface area contributed by atoms with Crippen LogP contribution in [0.25, 0.3) is 0 Å². The molecule has 1 heterocycles. The maximum absolute atomic E-state index is 12.2. The van der Waals surface area contributed by atoms with E-state index in [2.05, 4.69) is 10.0 Å². The summed E-state index contributed by atoms with van der Waals surface area (Å²) in [5.41, 5.74) is -0.402. The van der Waals surface area contributed by atoms with Crippen molar-refractivity contribution in [3.63, 3.8) is 0 Å². The van der Waals surface area contributed by atoms with Gasteiger partial charge in [-0.25, -0.2) is 13.1 Å². The number of methoxy groups -OCH3 is 1. The molecule has 1 aliphatic heterocycles. The van der Waals surface area contributed by atoms with Gasteiger partial charge in [0.25, 0.3) is 0 Å². The molecule has 1 saturated heterocycles. The smallest absolute Gasteiger partial charge is 0.312 e. The van der Waals surface area contributed by atoms with Crippen molar-refractivity contribution in [2.45, 2.75) is 11.0 Å². The van der Waals surface area contributed by atoms with Gasteiger partial charge in [0, 0.05) is 25.7 Å². The number of nitrogens with zero attached hydrogens (tertiary/aromatic N) is 1. The topological polar surface area (TPSA) is 120 Å². The number of hydrogen-bond acceptors (Lipinski definition) is 7. The molecule has 0 aromatic heterocycles. The molecule has 10 heteroatoms. The van der Waals surface area contributed by atoms with Crippen LogP contribution in [0.15, 0.2) is 23.1 Å². The molecule has 2 N–H and O–H groups in total. The van der Waals surface area contributed by atoms with Crippen molar-refractivity contribution in [1.29, 1.82) is 0 Å². The molecular formula is C12H17N3O6S. The number of hydrogen-bond donors (Lipinski definition) is 2. The Morgan fingerprint density at radius 3 is 2.91 bits per heavy atom. The highest BCUT2D eigenvalue weighted by atomic mass is 32.2. The van der Waals surface area contributed by atoms with Crippen LogP contribution in [0.5, 0.6) is 5.75 Å². The van der Waals surface area contributed by atoms with Gasteiger partial charge in [-0.15, -0.1) is 0 Å². The quantitative estimate of drug-likeness (QED) is 0.550. The first-order chi connectivity index (χ1) is 10.4. The minimum absolute atomic E-state index is 0.00349. The van der Waals surface area contributed by atoms with Crippen molar-refractivity contribution in [3.8, 4) is 5.75 Å². The van der Waals surface area contributed by atoms with Crippen molar-refractivity contribution in [1.82, 2.24) is 10.0 Å². The molecule has 1 aliphatic rings. The summed E-state index contributed by atoms with van der Waals surface area (Å²) in [7, 11) is -2.58. The Balaban J connectivity index is 2.14. The van der Waals surface area contributed by atoms with E-state index in [1.807, 2.05) is 0 Å². The molecule has 122 valence electrons.